The lowest BCUT2D eigenvalue weighted by Crippen LogP contribution is -2.38. The number of likely N-dealkylation sites (tertiary alicyclic amines) is 1. The van der Waals surface area contributed by atoms with Gasteiger partial charge in [-0.05, 0) is 49.5 Å². The van der Waals surface area contributed by atoms with Gasteiger partial charge in [0.1, 0.15) is 17.7 Å². The number of hydrogen-bond donors (Lipinski definition) is 2. The van der Waals surface area contributed by atoms with Crippen LogP contribution in [0.5, 0.6) is 0 Å². The summed E-state index contributed by atoms with van der Waals surface area (Å²) in [5, 5.41) is 20.8. The summed E-state index contributed by atoms with van der Waals surface area (Å²) in [4.78, 5) is 6.39. The largest absolute Gasteiger partial charge is 0.387 e. The molecule has 1 saturated heterocycles. The third-order valence-electron chi connectivity index (χ3n) is 4.87. The third kappa shape index (κ3) is 3.83. The maximum atomic E-state index is 13.3. The highest BCUT2D eigenvalue weighted by atomic mass is 19.1. The minimum absolute atomic E-state index is 0.175. The molecule has 1 aromatic heterocycles. The first-order valence-electron chi connectivity index (χ1n) is 8.36. The van der Waals surface area contributed by atoms with Crippen molar-refractivity contribution in [2.45, 2.75) is 25.0 Å². The number of benzene rings is 1. The molecule has 6 heteroatoms. The van der Waals surface area contributed by atoms with E-state index >= 15 is 0 Å². The topological polar surface area (TPSA) is 61.5 Å². The predicted molar refractivity (Wildman–Crippen MR) is 88.7 cm³/mol. The van der Waals surface area contributed by atoms with Gasteiger partial charge < -0.3 is 19.7 Å². The molecule has 0 bridgehead atoms. The fourth-order valence-electron chi connectivity index (χ4n) is 3.39. The molecule has 1 aliphatic heterocycles. The highest BCUT2D eigenvalue weighted by Gasteiger charge is 2.29. The number of β-amino-alcohol motifs (C(OH)–C–C–N with tert-alkyl or cyclic N) is 1. The van der Waals surface area contributed by atoms with Crippen molar-refractivity contribution in [2.24, 2.45) is 13.0 Å². The van der Waals surface area contributed by atoms with Crippen LogP contribution in [0.25, 0.3) is 0 Å². The molecule has 2 unspecified atom stereocenters. The summed E-state index contributed by atoms with van der Waals surface area (Å²) in [5.41, 5.74) is 0.602. The Morgan fingerprint density at radius 2 is 2.04 bits per heavy atom. The molecule has 1 fully saturated rings. The predicted octanol–water partition coefficient (Wildman–Crippen LogP) is 2.04. The molecule has 3 rings (SSSR count). The number of nitrogens with zero attached hydrogens (tertiary/aromatic N) is 3. The first-order valence-corrected chi connectivity index (χ1v) is 8.36. The summed E-state index contributed by atoms with van der Waals surface area (Å²) in [5.74, 6) is 0.547. The molecule has 0 amide bonds. The van der Waals surface area contributed by atoms with Crippen LogP contribution in [-0.4, -0.2) is 44.3 Å². The van der Waals surface area contributed by atoms with Crippen LogP contribution in [0.1, 0.15) is 36.4 Å². The Morgan fingerprint density at radius 1 is 1.29 bits per heavy atom. The van der Waals surface area contributed by atoms with Gasteiger partial charge in [-0.25, -0.2) is 9.37 Å². The minimum Gasteiger partial charge on any atom is -0.387 e. The fourth-order valence-corrected chi connectivity index (χ4v) is 3.39. The molecule has 0 radical (unpaired) electrons. The number of hydrogen-bond acceptors (Lipinski definition) is 4. The van der Waals surface area contributed by atoms with E-state index in [-0.39, 0.29) is 11.7 Å². The zero-order valence-electron chi connectivity index (χ0n) is 13.8. The van der Waals surface area contributed by atoms with Crippen LogP contribution in [0.2, 0.25) is 0 Å². The summed E-state index contributed by atoms with van der Waals surface area (Å²) in [6, 6.07) is 6.11. The van der Waals surface area contributed by atoms with Gasteiger partial charge in [-0.15, -0.1) is 0 Å². The molecule has 24 heavy (non-hydrogen) atoms. The van der Waals surface area contributed by atoms with Crippen LogP contribution < -0.4 is 0 Å². The van der Waals surface area contributed by atoms with Gasteiger partial charge in [-0.1, -0.05) is 12.1 Å². The molecule has 0 aliphatic carbocycles. The van der Waals surface area contributed by atoms with E-state index in [1.807, 2.05) is 17.8 Å². The number of aliphatic hydroxyl groups excluding tert-OH is 2. The Labute approximate surface area is 141 Å². The number of aliphatic hydroxyl groups is 2. The standard InChI is InChI=1S/C18H24FN3O2/c1-21-10-7-20-18(21)17(24)13-5-8-22(9-6-13)12-16(23)14-3-2-4-15(19)11-14/h2-4,7,10-11,13,16-17,23-24H,5-6,8-9,12H2,1H3. The number of piperidine rings is 1. The van der Waals surface area contributed by atoms with Crippen molar-refractivity contribution in [3.05, 3.63) is 53.9 Å². The first-order chi connectivity index (χ1) is 11.5. The molecular formula is C18H24FN3O2. The maximum absolute atomic E-state index is 13.3. The van der Waals surface area contributed by atoms with Gasteiger partial charge in [0.15, 0.2) is 0 Å². The molecule has 2 aromatic rings. The average molecular weight is 333 g/mol. The quantitative estimate of drug-likeness (QED) is 0.879. The van der Waals surface area contributed by atoms with Crippen LogP contribution in [0.15, 0.2) is 36.7 Å². The Bertz CT molecular complexity index is 668. The lowest BCUT2D eigenvalue weighted by molar-refractivity contribution is 0.0345. The molecule has 1 aliphatic rings. The smallest absolute Gasteiger partial charge is 0.137 e. The van der Waals surface area contributed by atoms with Crippen molar-refractivity contribution < 1.29 is 14.6 Å². The van der Waals surface area contributed by atoms with E-state index in [1.54, 1.807) is 18.3 Å². The Kier molecular flexibility index (Phi) is 5.28. The normalized spacial score (nSPS) is 19.3. The van der Waals surface area contributed by atoms with Crippen molar-refractivity contribution in [3.8, 4) is 0 Å². The van der Waals surface area contributed by atoms with Crippen molar-refractivity contribution in [2.75, 3.05) is 19.6 Å². The number of halogens is 1. The van der Waals surface area contributed by atoms with Crippen molar-refractivity contribution in [1.29, 1.82) is 0 Å². The SMILES string of the molecule is Cn1ccnc1C(O)C1CCN(CC(O)c2cccc(F)c2)CC1. The van der Waals surface area contributed by atoms with E-state index in [0.29, 0.717) is 17.9 Å². The molecule has 2 heterocycles. The van der Waals surface area contributed by atoms with E-state index in [1.165, 1.54) is 12.1 Å². The second-order valence-corrected chi connectivity index (χ2v) is 6.55. The number of aryl methyl sites for hydroxylation is 1. The molecule has 0 saturated carbocycles. The van der Waals surface area contributed by atoms with Gasteiger partial charge in [0, 0.05) is 26.0 Å². The van der Waals surface area contributed by atoms with E-state index in [4.69, 9.17) is 0 Å². The van der Waals surface area contributed by atoms with Gasteiger partial charge in [-0.2, -0.15) is 0 Å². The van der Waals surface area contributed by atoms with Crippen LogP contribution in [-0.2, 0) is 7.05 Å². The third-order valence-corrected chi connectivity index (χ3v) is 4.87. The van der Waals surface area contributed by atoms with E-state index in [2.05, 4.69) is 9.88 Å². The number of aromatic nitrogens is 2. The van der Waals surface area contributed by atoms with Crippen molar-refractivity contribution >= 4 is 0 Å². The molecule has 0 spiro atoms. The van der Waals surface area contributed by atoms with E-state index in [0.717, 1.165) is 25.9 Å². The van der Waals surface area contributed by atoms with Crippen LogP contribution in [0, 0.1) is 11.7 Å². The monoisotopic (exact) mass is 333 g/mol. The minimum atomic E-state index is -0.697. The molecule has 1 aromatic carbocycles. The van der Waals surface area contributed by atoms with Gasteiger partial charge in [0.25, 0.3) is 0 Å². The second-order valence-electron chi connectivity index (χ2n) is 6.55. The number of imidazole rings is 1. The van der Waals surface area contributed by atoms with Gasteiger partial charge in [0.05, 0.1) is 6.10 Å². The van der Waals surface area contributed by atoms with E-state index < -0.39 is 12.2 Å². The van der Waals surface area contributed by atoms with Crippen LogP contribution in [0.3, 0.4) is 0 Å². The zero-order chi connectivity index (χ0) is 17.1. The van der Waals surface area contributed by atoms with Crippen LogP contribution >= 0.6 is 0 Å². The maximum Gasteiger partial charge on any atom is 0.137 e. The first kappa shape index (κ1) is 17.1. The molecule has 5 nitrogen and oxygen atoms in total. The lowest BCUT2D eigenvalue weighted by atomic mass is 9.90. The Balaban J connectivity index is 1.53. The van der Waals surface area contributed by atoms with Crippen molar-refractivity contribution in [1.82, 2.24) is 14.5 Å². The van der Waals surface area contributed by atoms with Gasteiger partial charge in [-0.3, -0.25) is 0 Å². The molecular weight excluding hydrogens is 309 g/mol. The molecule has 2 N–H and O–H groups in total. The second kappa shape index (κ2) is 7.42. The lowest BCUT2D eigenvalue weighted by Gasteiger charge is -2.35. The Morgan fingerprint density at radius 3 is 2.67 bits per heavy atom. The molecule has 130 valence electrons. The molecule has 2 atom stereocenters. The Hall–Kier alpha value is -1.76. The van der Waals surface area contributed by atoms with Gasteiger partial charge >= 0.3 is 0 Å². The fraction of sp³-hybridized carbons (Fsp3) is 0.500. The van der Waals surface area contributed by atoms with E-state index in [9.17, 15) is 14.6 Å². The van der Waals surface area contributed by atoms with Crippen LogP contribution in [0.4, 0.5) is 4.39 Å². The summed E-state index contributed by atoms with van der Waals surface area (Å²) >= 11 is 0. The summed E-state index contributed by atoms with van der Waals surface area (Å²) in [7, 11) is 1.88. The summed E-state index contributed by atoms with van der Waals surface area (Å²) in [6.45, 7) is 2.09. The van der Waals surface area contributed by atoms with Gasteiger partial charge in [0.2, 0.25) is 0 Å². The highest BCUT2D eigenvalue weighted by Crippen LogP contribution is 2.30. The zero-order valence-corrected chi connectivity index (χ0v) is 13.8. The average Bonchev–Trinajstić information content (AvgIpc) is 3.01. The highest BCUT2D eigenvalue weighted by molar-refractivity contribution is 5.19. The summed E-state index contributed by atoms with van der Waals surface area (Å²) < 4.78 is 15.1. The number of rotatable bonds is 5. The van der Waals surface area contributed by atoms with Crippen molar-refractivity contribution in [3.63, 3.8) is 0 Å². The summed E-state index contributed by atoms with van der Waals surface area (Å²) in [6.07, 6.45) is 3.98.